The fourth-order valence-electron chi connectivity index (χ4n) is 2.69. The Balaban J connectivity index is 2.02. The first kappa shape index (κ1) is 19.2. The van der Waals surface area contributed by atoms with Crippen LogP contribution in [-0.4, -0.2) is 28.2 Å². The van der Waals surface area contributed by atoms with Crippen molar-refractivity contribution in [2.24, 2.45) is 11.6 Å². The number of benzene rings is 1. The van der Waals surface area contributed by atoms with Crippen molar-refractivity contribution in [3.63, 3.8) is 0 Å². The quantitative estimate of drug-likeness (QED) is 0.325. The summed E-state index contributed by atoms with van der Waals surface area (Å²) in [5.74, 6) is 4.08. The minimum Gasteiger partial charge on any atom is -0.365 e. The molecule has 0 aliphatic heterocycles. The van der Waals surface area contributed by atoms with Crippen LogP contribution in [0.3, 0.4) is 0 Å². The smallest absolute Gasteiger partial charge is 0.252 e. The molecule has 0 spiro atoms. The second kappa shape index (κ2) is 7.97. The van der Waals surface area contributed by atoms with Crippen LogP contribution in [0.2, 0.25) is 0 Å². The van der Waals surface area contributed by atoms with Gasteiger partial charge in [0, 0.05) is 23.7 Å². The zero-order valence-corrected chi connectivity index (χ0v) is 15.1. The minimum absolute atomic E-state index is 0.0490. The molecule has 0 aliphatic rings. The van der Waals surface area contributed by atoms with E-state index in [9.17, 15) is 14.0 Å². The summed E-state index contributed by atoms with van der Waals surface area (Å²) < 4.78 is 14.5. The average Bonchev–Trinajstić information content (AvgIpc) is 2.68. The summed E-state index contributed by atoms with van der Waals surface area (Å²) in [6.45, 7) is 1.65. The summed E-state index contributed by atoms with van der Waals surface area (Å²) >= 11 is 0. The zero-order valence-electron chi connectivity index (χ0n) is 15.1. The van der Waals surface area contributed by atoms with E-state index in [-0.39, 0.29) is 23.6 Å². The molecule has 3 aromatic rings. The molecule has 0 fully saturated rings. The van der Waals surface area contributed by atoms with Crippen LogP contribution in [-0.2, 0) is 4.79 Å². The molecule has 2 aromatic heterocycles. The van der Waals surface area contributed by atoms with Gasteiger partial charge in [0.25, 0.3) is 5.91 Å². The van der Waals surface area contributed by atoms with Gasteiger partial charge in [-0.3, -0.25) is 14.8 Å². The van der Waals surface area contributed by atoms with E-state index in [2.05, 4.69) is 15.3 Å². The van der Waals surface area contributed by atoms with Crippen LogP contribution < -0.4 is 21.9 Å². The largest absolute Gasteiger partial charge is 0.365 e. The second-order valence-corrected chi connectivity index (χ2v) is 6.25. The molecule has 0 aliphatic carbocycles. The van der Waals surface area contributed by atoms with Gasteiger partial charge in [-0.15, -0.1) is 0 Å². The zero-order chi connectivity index (χ0) is 20.3. The number of carbonyl (C=O) groups excluding carboxylic acids is 2. The molecule has 5 N–H and O–H groups in total. The predicted octanol–water partition coefficient (Wildman–Crippen LogP) is 2.27. The maximum Gasteiger partial charge on any atom is 0.252 e. The molecule has 3 rings (SSSR count). The van der Waals surface area contributed by atoms with Gasteiger partial charge >= 0.3 is 0 Å². The lowest BCUT2D eigenvalue weighted by atomic mass is 10.2. The van der Waals surface area contributed by atoms with Gasteiger partial charge in [0.1, 0.15) is 12.1 Å². The topological polar surface area (TPSA) is 127 Å². The summed E-state index contributed by atoms with van der Waals surface area (Å²) in [5.41, 5.74) is 6.56. The number of halogens is 1. The number of nitrogens with two attached hydrogens (primary N) is 2. The number of rotatable bonds is 7. The standard InChI is InChI=1S/C19H19FN6O2/c1-11(6-8-27)26(22)19-15(20)10-14(17(21)28)18(25-19)24-13-5-4-12-3-2-7-23-16(12)9-13/h2-5,7-11H,6,22H2,1H3,(H2,21,28)(H,24,25)/t11-/m1/s1. The number of aldehydes is 1. The van der Waals surface area contributed by atoms with Crippen LogP contribution in [0.5, 0.6) is 0 Å². The number of anilines is 3. The molecule has 0 radical (unpaired) electrons. The molecule has 2 heterocycles. The Morgan fingerprint density at radius 3 is 2.86 bits per heavy atom. The van der Waals surface area contributed by atoms with Crippen molar-refractivity contribution in [3.8, 4) is 0 Å². The van der Waals surface area contributed by atoms with Gasteiger partial charge in [0.15, 0.2) is 11.6 Å². The molecule has 9 heteroatoms. The number of aromatic nitrogens is 2. The first-order valence-corrected chi connectivity index (χ1v) is 8.50. The van der Waals surface area contributed by atoms with Crippen LogP contribution in [0.15, 0.2) is 42.6 Å². The highest BCUT2D eigenvalue weighted by molar-refractivity contribution is 5.99. The molecule has 1 atom stereocenters. The van der Waals surface area contributed by atoms with Gasteiger partial charge in [-0.05, 0) is 31.2 Å². The Kier molecular flexibility index (Phi) is 5.46. The van der Waals surface area contributed by atoms with Gasteiger partial charge < -0.3 is 15.8 Å². The van der Waals surface area contributed by atoms with Crippen LogP contribution in [0.25, 0.3) is 10.9 Å². The monoisotopic (exact) mass is 382 g/mol. The van der Waals surface area contributed by atoms with Gasteiger partial charge in [-0.25, -0.2) is 15.2 Å². The van der Waals surface area contributed by atoms with Gasteiger partial charge in [-0.2, -0.15) is 0 Å². The fourth-order valence-corrected chi connectivity index (χ4v) is 2.69. The van der Waals surface area contributed by atoms with Crippen LogP contribution in [0.4, 0.5) is 21.7 Å². The summed E-state index contributed by atoms with van der Waals surface area (Å²) in [6, 6.07) is 9.60. The number of amides is 1. The minimum atomic E-state index is -0.844. The fraction of sp³-hybridized carbons (Fsp3) is 0.158. The van der Waals surface area contributed by atoms with E-state index in [4.69, 9.17) is 11.6 Å². The van der Waals surface area contributed by atoms with Crippen molar-refractivity contribution in [3.05, 3.63) is 54.0 Å². The third-order valence-corrected chi connectivity index (χ3v) is 4.25. The first-order valence-electron chi connectivity index (χ1n) is 8.50. The molecule has 144 valence electrons. The van der Waals surface area contributed by atoms with Gasteiger partial charge in [-0.1, -0.05) is 12.1 Å². The summed E-state index contributed by atoms with van der Waals surface area (Å²) in [6.07, 6.45) is 2.44. The Labute approximate surface area is 160 Å². The first-order chi connectivity index (χ1) is 13.4. The van der Waals surface area contributed by atoms with Crippen molar-refractivity contribution < 1.29 is 14.0 Å². The predicted molar refractivity (Wildman–Crippen MR) is 105 cm³/mol. The number of primary amides is 1. The summed E-state index contributed by atoms with van der Waals surface area (Å²) in [7, 11) is 0. The lowest BCUT2D eigenvalue weighted by Gasteiger charge is -2.25. The summed E-state index contributed by atoms with van der Waals surface area (Å²) in [5, 5.41) is 4.95. The molecule has 8 nitrogen and oxygen atoms in total. The number of fused-ring (bicyclic) bond motifs is 1. The van der Waals surface area contributed by atoms with E-state index in [0.29, 0.717) is 12.0 Å². The van der Waals surface area contributed by atoms with E-state index < -0.39 is 17.8 Å². The van der Waals surface area contributed by atoms with E-state index in [1.54, 1.807) is 25.3 Å². The number of nitrogens with zero attached hydrogens (tertiary/aromatic N) is 3. The highest BCUT2D eigenvalue weighted by Gasteiger charge is 2.21. The molecule has 28 heavy (non-hydrogen) atoms. The molecular weight excluding hydrogens is 363 g/mol. The lowest BCUT2D eigenvalue weighted by Crippen LogP contribution is -2.41. The third kappa shape index (κ3) is 3.89. The van der Waals surface area contributed by atoms with E-state index >= 15 is 0 Å². The van der Waals surface area contributed by atoms with Crippen molar-refractivity contribution in [2.45, 2.75) is 19.4 Å². The normalized spacial score (nSPS) is 11.8. The number of carbonyl (C=O) groups is 2. The Bertz CT molecular complexity index is 1040. The van der Waals surface area contributed by atoms with E-state index in [1.165, 1.54) is 0 Å². The van der Waals surface area contributed by atoms with E-state index in [0.717, 1.165) is 22.0 Å². The number of nitrogens with one attached hydrogen (secondary N) is 1. The Morgan fingerprint density at radius 2 is 2.14 bits per heavy atom. The third-order valence-electron chi connectivity index (χ3n) is 4.25. The van der Waals surface area contributed by atoms with Gasteiger partial charge in [0.05, 0.1) is 17.1 Å². The number of hydrogen-bond acceptors (Lipinski definition) is 7. The number of hydrazine groups is 1. The van der Waals surface area contributed by atoms with Crippen molar-refractivity contribution in [1.29, 1.82) is 0 Å². The highest BCUT2D eigenvalue weighted by Crippen LogP contribution is 2.27. The molecule has 0 bridgehead atoms. The molecule has 1 aromatic carbocycles. The molecule has 0 saturated heterocycles. The van der Waals surface area contributed by atoms with E-state index in [1.807, 2.05) is 18.2 Å². The Hall–Kier alpha value is -3.59. The average molecular weight is 382 g/mol. The molecular formula is C19H19FN6O2. The summed E-state index contributed by atoms with van der Waals surface area (Å²) in [4.78, 5) is 30.9. The van der Waals surface area contributed by atoms with Crippen molar-refractivity contribution in [1.82, 2.24) is 9.97 Å². The molecule has 0 unspecified atom stereocenters. The van der Waals surface area contributed by atoms with Crippen molar-refractivity contribution >= 4 is 40.4 Å². The van der Waals surface area contributed by atoms with Gasteiger partial charge in [0.2, 0.25) is 0 Å². The van der Waals surface area contributed by atoms with Crippen LogP contribution in [0, 0.1) is 5.82 Å². The highest BCUT2D eigenvalue weighted by atomic mass is 19.1. The molecule has 1 amide bonds. The van der Waals surface area contributed by atoms with Crippen molar-refractivity contribution in [2.75, 3.05) is 10.3 Å². The maximum atomic E-state index is 14.5. The van der Waals surface area contributed by atoms with Crippen LogP contribution >= 0.6 is 0 Å². The van der Waals surface area contributed by atoms with Crippen LogP contribution in [0.1, 0.15) is 23.7 Å². The molecule has 0 saturated carbocycles. The number of pyridine rings is 2. The maximum absolute atomic E-state index is 14.5. The Morgan fingerprint density at radius 1 is 1.36 bits per heavy atom. The lowest BCUT2D eigenvalue weighted by molar-refractivity contribution is -0.108. The SMILES string of the molecule is C[C@H](CC=O)N(N)c1nc(Nc2ccc3cccnc3c2)c(C(N)=O)cc1F. The number of hydrogen-bond donors (Lipinski definition) is 3. The second-order valence-electron chi connectivity index (χ2n) is 6.25.